The minimum atomic E-state index is -2.42. The molecule has 44 heavy (non-hydrogen) atoms. The molecular formula is C34H34O10. The molecule has 5 fully saturated rings. The van der Waals surface area contributed by atoms with Gasteiger partial charge >= 0.3 is 11.9 Å². The number of rotatable bonds is 5. The maximum absolute atomic E-state index is 13.8. The highest BCUT2D eigenvalue weighted by Gasteiger charge is 2.90. The van der Waals surface area contributed by atoms with Crippen LogP contribution in [0.1, 0.15) is 36.7 Å². The molecule has 230 valence electrons. The Morgan fingerprint density at radius 2 is 1.68 bits per heavy atom. The number of aliphatic hydroxyl groups is 3. The van der Waals surface area contributed by atoms with Gasteiger partial charge in [0, 0.05) is 23.3 Å². The van der Waals surface area contributed by atoms with Crippen LogP contribution in [0, 0.1) is 17.8 Å². The fraction of sp³-hybridized carbons (Fsp3) is 0.471. The topological polar surface area (TPSA) is 144 Å². The van der Waals surface area contributed by atoms with Gasteiger partial charge in [0.25, 0.3) is 0 Å². The molecule has 3 saturated heterocycles. The van der Waals surface area contributed by atoms with Gasteiger partial charge in [0.05, 0.1) is 17.8 Å². The predicted octanol–water partition coefficient (Wildman–Crippen LogP) is 2.17. The summed E-state index contributed by atoms with van der Waals surface area (Å²) >= 11 is 0. The van der Waals surface area contributed by atoms with Crippen LogP contribution < -0.4 is 0 Å². The van der Waals surface area contributed by atoms with Crippen LogP contribution in [-0.4, -0.2) is 80.5 Å². The van der Waals surface area contributed by atoms with E-state index < -0.39 is 88.9 Å². The van der Waals surface area contributed by atoms with Crippen LogP contribution in [0.2, 0.25) is 0 Å². The normalized spacial score (nSPS) is 47.6. The molecule has 0 aromatic heterocycles. The first kappa shape index (κ1) is 28.3. The van der Waals surface area contributed by atoms with Crippen LogP contribution in [-0.2, 0) is 34.5 Å². The lowest BCUT2D eigenvalue weighted by Crippen LogP contribution is -2.76. The SMILES string of the molecule is C=C(C)[C@@]12OC3(c4ccccc4)O[C@@H]1C1[C@@H]4O[C@]4(CO)[C@@H](O)[C@]4(O)C(=O)C(C)=CC4[C@@]1(O3)[C@H](C)[C@H]2OC(=O)c1ccccc1. The molecule has 6 aliphatic rings. The summed E-state index contributed by atoms with van der Waals surface area (Å²) in [4.78, 5) is 27.5. The van der Waals surface area contributed by atoms with Crippen molar-refractivity contribution >= 4 is 11.8 Å². The molecule has 3 unspecified atom stereocenters. The summed E-state index contributed by atoms with van der Waals surface area (Å²) < 4.78 is 33.4. The van der Waals surface area contributed by atoms with E-state index in [9.17, 15) is 24.9 Å². The first-order valence-corrected chi connectivity index (χ1v) is 14.9. The molecule has 0 amide bonds. The Kier molecular flexibility index (Phi) is 5.61. The zero-order valence-electron chi connectivity index (χ0n) is 24.5. The zero-order valence-corrected chi connectivity index (χ0v) is 24.5. The minimum absolute atomic E-state index is 0.232. The number of hydrogen-bond acceptors (Lipinski definition) is 10. The largest absolute Gasteiger partial charge is 0.455 e. The summed E-state index contributed by atoms with van der Waals surface area (Å²) in [5.41, 5.74) is -5.56. The molecule has 10 heteroatoms. The van der Waals surface area contributed by atoms with E-state index in [1.54, 1.807) is 74.5 Å². The van der Waals surface area contributed by atoms with Crippen molar-refractivity contribution in [2.45, 2.75) is 73.6 Å². The molecule has 2 aromatic carbocycles. The van der Waals surface area contributed by atoms with Gasteiger partial charge in [-0.05, 0) is 37.1 Å². The zero-order chi connectivity index (χ0) is 31.0. The first-order chi connectivity index (χ1) is 20.9. The van der Waals surface area contributed by atoms with Gasteiger partial charge in [0.2, 0.25) is 0 Å². The second-order valence-corrected chi connectivity index (χ2v) is 13.1. The highest BCUT2D eigenvalue weighted by atomic mass is 16.9. The molecule has 3 aliphatic heterocycles. The maximum atomic E-state index is 13.8. The average molecular weight is 603 g/mol. The third-order valence-electron chi connectivity index (χ3n) is 11.1. The van der Waals surface area contributed by atoms with Gasteiger partial charge in [-0.25, -0.2) is 4.79 Å². The number of aliphatic hydroxyl groups excluding tert-OH is 2. The number of benzene rings is 2. The van der Waals surface area contributed by atoms with Crippen molar-refractivity contribution in [2.24, 2.45) is 17.8 Å². The standard InChI is InChI=1S/C34H34O10/c1-17(2)32-25(40-28(37)20-11-7-5-8-12-20)19(4)33-22-15-18(3)24(36)31(22,39)29(38)30(16-35)26(41-30)23(33)27(32)42-34(43-32,44-33)21-13-9-6-10-14-21/h5-15,19,22-23,25-27,29,35,38-39H,1,16H2,2-4H3/t19-,22?,23?,25-,26+,27-,29-,30+,31-,32+,33+,34?/m1/s1. The van der Waals surface area contributed by atoms with E-state index in [0.717, 1.165) is 0 Å². The monoisotopic (exact) mass is 602 g/mol. The lowest BCUT2D eigenvalue weighted by Gasteiger charge is -2.61. The van der Waals surface area contributed by atoms with Gasteiger partial charge in [-0.15, -0.1) is 0 Å². The third-order valence-corrected chi connectivity index (χ3v) is 11.1. The number of ketones is 1. The number of Topliss-reactive ketones (excluding diaryl/α,β-unsaturated/α-hetero) is 1. The molecule has 3 bridgehead atoms. The quantitative estimate of drug-likeness (QED) is 0.265. The van der Waals surface area contributed by atoms with Crippen LogP contribution >= 0.6 is 0 Å². The molecule has 0 radical (unpaired) electrons. The van der Waals surface area contributed by atoms with Crippen molar-refractivity contribution in [3.8, 4) is 0 Å². The average Bonchev–Trinajstić information content (AvgIpc) is 3.65. The van der Waals surface area contributed by atoms with E-state index in [-0.39, 0.29) is 5.57 Å². The second-order valence-electron chi connectivity index (χ2n) is 13.1. The van der Waals surface area contributed by atoms with Gasteiger partial charge in [0.15, 0.2) is 17.0 Å². The summed E-state index contributed by atoms with van der Waals surface area (Å²) in [5.74, 6) is -5.87. The predicted molar refractivity (Wildman–Crippen MR) is 152 cm³/mol. The van der Waals surface area contributed by atoms with Crippen LogP contribution in [0.15, 0.2) is 84.5 Å². The Balaban J connectivity index is 1.41. The van der Waals surface area contributed by atoms with E-state index in [0.29, 0.717) is 16.7 Å². The van der Waals surface area contributed by atoms with Crippen LogP contribution in [0.25, 0.3) is 0 Å². The van der Waals surface area contributed by atoms with E-state index in [1.807, 2.05) is 13.0 Å². The molecule has 3 aliphatic carbocycles. The van der Waals surface area contributed by atoms with Crippen molar-refractivity contribution < 1.29 is 48.6 Å². The summed E-state index contributed by atoms with van der Waals surface area (Å²) in [6.45, 7) is 8.80. The highest BCUT2D eigenvalue weighted by Crippen LogP contribution is 2.74. The summed E-state index contributed by atoms with van der Waals surface area (Å²) in [6, 6.07) is 17.6. The Bertz CT molecular complexity index is 1620. The number of ether oxygens (including phenoxy) is 5. The lowest BCUT2D eigenvalue weighted by molar-refractivity contribution is -0.440. The van der Waals surface area contributed by atoms with E-state index in [2.05, 4.69) is 6.58 Å². The van der Waals surface area contributed by atoms with Crippen molar-refractivity contribution in [1.29, 1.82) is 0 Å². The molecule has 10 nitrogen and oxygen atoms in total. The van der Waals surface area contributed by atoms with E-state index in [4.69, 9.17) is 23.7 Å². The van der Waals surface area contributed by atoms with Gasteiger partial charge < -0.3 is 39.0 Å². The van der Waals surface area contributed by atoms with E-state index >= 15 is 0 Å². The van der Waals surface area contributed by atoms with Crippen LogP contribution in [0.4, 0.5) is 0 Å². The molecule has 8 rings (SSSR count). The smallest absolute Gasteiger partial charge is 0.338 e. The second kappa shape index (κ2) is 8.73. The molecule has 0 spiro atoms. The highest BCUT2D eigenvalue weighted by molar-refractivity contribution is 6.05. The fourth-order valence-corrected chi connectivity index (χ4v) is 9.07. The summed E-state index contributed by atoms with van der Waals surface area (Å²) in [7, 11) is 0. The summed E-state index contributed by atoms with van der Waals surface area (Å²) in [5, 5.41) is 34.8. The third kappa shape index (κ3) is 3.00. The Hall–Kier alpha value is -3.22. The number of hydrogen-bond donors (Lipinski definition) is 3. The molecule has 2 aromatic rings. The lowest BCUT2D eigenvalue weighted by atomic mass is 9.53. The van der Waals surface area contributed by atoms with Crippen LogP contribution in [0.3, 0.4) is 0 Å². The van der Waals surface area contributed by atoms with Gasteiger partial charge in [-0.2, -0.15) is 0 Å². The van der Waals surface area contributed by atoms with Crippen molar-refractivity contribution in [1.82, 2.24) is 0 Å². The number of carbonyl (C=O) groups excluding carboxylic acids is 2. The van der Waals surface area contributed by atoms with Gasteiger partial charge in [-0.3, -0.25) is 4.79 Å². The van der Waals surface area contributed by atoms with Crippen molar-refractivity contribution in [2.75, 3.05) is 6.61 Å². The molecule has 3 N–H and O–H groups in total. The molecule has 12 atom stereocenters. The fourth-order valence-electron chi connectivity index (χ4n) is 9.07. The number of fused-ring (bicyclic) bond motifs is 3. The first-order valence-electron chi connectivity index (χ1n) is 14.9. The van der Waals surface area contributed by atoms with Gasteiger partial charge in [0.1, 0.15) is 30.0 Å². The number of epoxide rings is 1. The Morgan fingerprint density at radius 1 is 1.02 bits per heavy atom. The number of carbonyl (C=O) groups is 2. The Labute approximate surface area is 253 Å². The maximum Gasteiger partial charge on any atom is 0.338 e. The number of esters is 1. The van der Waals surface area contributed by atoms with Crippen LogP contribution in [0.5, 0.6) is 0 Å². The molecule has 2 saturated carbocycles. The van der Waals surface area contributed by atoms with E-state index in [1.165, 1.54) is 0 Å². The van der Waals surface area contributed by atoms with Gasteiger partial charge in [-0.1, -0.05) is 68.1 Å². The van der Waals surface area contributed by atoms with Crippen molar-refractivity contribution in [3.63, 3.8) is 0 Å². The minimum Gasteiger partial charge on any atom is -0.455 e. The molecule has 3 heterocycles. The molecular weight excluding hydrogens is 568 g/mol. The van der Waals surface area contributed by atoms with Crippen molar-refractivity contribution in [3.05, 3.63) is 95.6 Å². The summed E-state index contributed by atoms with van der Waals surface area (Å²) in [6.07, 6.45) is -3.09. The Morgan fingerprint density at radius 3 is 2.32 bits per heavy atom.